The van der Waals surface area contributed by atoms with Crippen molar-refractivity contribution >= 4 is 17.1 Å². The van der Waals surface area contributed by atoms with Gasteiger partial charge in [-0.2, -0.15) is 10.0 Å². The van der Waals surface area contributed by atoms with Crippen LogP contribution < -0.4 is 4.90 Å². The summed E-state index contributed by atoms with van der Waals surface area (Å²) in [5.41, 5.74) is 3.97. The molecule has 1 N–H and O–H groups in total. The molecular formula is C18H19N3O2. The van der Waals surface area contributed by atoms with Gasteiger partial charge in [0.2, 0.25) is 0 Å². The van der Waals surface area contributed by atoms with E-state index in [1.165, 1.54) is 10.6 Å². The average molecular weight is 309 g/mol. The zero-order valence-electron chi connectivity index (χ0n) is 12.9. The number of rotatable bonds is 2. The predicted octanol–water partition coefficient (Wildman–Crippen LogP) is 3.40. The second-order valence-corrected chi connectivity index (χ2v) is 5.84. The van der Waals surface area contributed by atoms with Crippen LogP contribution in [0.4, 0.5) is 6.01 Å². The van der Waals surface area contributed by atoms with Gasteiger partial charge in [0.05, 0.1) is 0 Å². The van der Waals surface area contributed by atoms with Crippen LogP contribution in [-0.4, -0.2) is 41.4 Å². The summed E-state index contributed by atoms with van der Waals surface area (Å²) in [4.78, 5) is 6.74. The lowest BCUT2D eigenvalue weighted by Gasteiger charge is -2.17. The van der Waals surface area contributed by atoms with Gasteiger partial charge in [-0.1, -0.05) is 36.4 Å². The number of hydrogen-bond acceptors (Lipinski definition) is 5. The first kappa shape index (κ1) is 14.2. The molecule has 2 aromatic carbocycles. The summed E-state index contributed by atoms with van der Waals surface area (Å²) in [6.07, 6.45) is 0.893. The minimum absolute atomic E-state index is 0.605. The highest BCUT2D eigenvalue weighted by molar-refractivity contribution is 5.81. The molecule has 0 radical (unpaired) electrons. The third-order valence-electron chi connectivity index (χ3n) is 4.23. The first-order valence-corrected chi connectivity index (χ1v) is 7.94. The summed E-state index contributed by atoms with van der Waals surface area (Å²) >= 11 is 0. The van der Waals surface area contributed by atoms with E-state index in [1.807, 2.05) is 24.3 Å². The molecule has 23 heavy (non-hydrogen) atoms. The lowest BCUT2D eigenvalue weighted by atomic mass is 10.1. The smallest absolute Gasteiger partial charge is 0.298 e. The second-order valence-electron chi connectivity index (χ2n) is 5.84. The topological polar surface area (TPSA) is 52.7 Å². The molecule has 3 aromatic rings. The third-order valence-corrected chi connectivity index (χ3v) is 4.23. The number of aromatic nitrogens is 1. The van der Waals surface area contributed by atoms with Crippen molar-refractivity contribution in [3.63, 3.8) is 0 Å². The Bertz CT molecular complexity index is 800. The maximum Gasteiger partial charge on any atom is 0.298 e. The largest absolute Gasteiger partial charge is 0.423 e. The lowest BCUT2D eigenvalue weighted by molar-refractivity contribution is -0.0843. The standard InChI is InChI=1S/C18H19N3O2/c22-21-10-4-9-20(11-12-21)18-19-16-13-15(7-8-17(16)23-18)14-5-2-1-3-6-14/h1-3,5-8,13,22H,4,9-12H2. The Balaban J connectivity index is 1.65. The zero-order valence-corrected chi connectivity index (χ0v) is 12.9. The van der Waals surface area contributed by atoms with Crippen molar-refractivity contribution < 1.29 is 9.62 Å². The van der Waals surface area contributed by atoms with Crippen LogP contribution in [0, 0.1) is 0 Å². The normalized spacial score (nSPS) is 16.7. The summed E-state index contributed by atoms with van der Waals surface area (Å²) in [6.45, 7) is 2.85. The van der Waals surface area contributed by atoms with Crippen molar-refractivity contribution in [2.24, 2.45) is 0 Å². The van der Waals surface area contributed by atoms with Gasteiger partial charge in [-0.25, -0.2) is 0 Å². The number of oxazole rings is 1. The highest BCUT2D eigenvalue weighted by Gasteiger charge is 2.18. The van der Waals surface area contributed by atoms with Crippen LogP contribution in [0.2, 0.25) is 0 Å². The van der Waals surface area contributed by atoms with Gasteiger partial charge in [0.1, 0.15) is 5.52 Å². The number of anilines is 1. The molecule has 1 fully saturated rings. The van der Waals surface area contributed by atoms with Crippen LogP contribution in [0.3, 0.4) is 0 Å². The molecule has 0 saturated carbocycles. The molecule has 5 nitrogen and oxygen atoms in total. The Morgan fingerprint density at radius 1 is 0.913 bits per heavy atom. The molecule has 0 aliphatic carbocycles. The van der Waals surface area contributed by atoms with Crippen molar-refractivity contribution in [2.75, 3.05) is 31.1 Å². The average Bonchev–Trinajstić information content (AvgIpc) is 2.89. The summed E-state index contributed by atoms with van der Waals surface area (Å²) < 4.78 is 5.90. The van der Waals surface area contributed by atoms with Crippen LogP contribution in [0.25, 0.3) is 22.2 Å². The quantitative estimate of drug-likeness (QED) is 0.786. The van der Waals surface area contributed by atoms with Crippen molar-refractivity contribution in [1.82, 2.24) is 10.0 Å². The Labute approximate surface area is 134 Å². The first-order chi connectivity index (χ1) is 11.3. The fourth-order valence-electron chi connectivity index (χ4n) is 2.96. The molecule has 0 spiro atoms. The number of hydroxylamine groups is 2. The number of hydrogen-bond donors (Lipinski definition) is 1. The van der Waals surface area contributed by atoms with Gasteiger partial charge in [0, 0.05) is 26.2 Å². The Morgan fingerprint density at radius 3 is 2.65 bits per heavy atom. The van der Waals surface area contributed by atoms with Crippen molar-refractivity contribution in [3.8, 4) is 11.1 Å². The highest BCUT2D eigenvalue weighted by Crippen LogP contribution is 2.27. The van der Waals surface area contributed by atoms with Crippen LogP contribution in [0.15, 0.2) is 52.9 Å². The van der Waals surface area contributed by atoms with Gasteiger partial charge < -0.3 is 14.5 Å². The van der Waals surface area contributed by atoms with Crippen molar-refractivity contribution in [1.29, 1.82) is 0 Å². The Hall–Kier alpha value is -2.37. The molecule has 5 heteroatoms. The molecule has 0 amide bonds. The van der Waals surface area contributed by atoms with Gasteiger partial charge in [-0.3, -0.25) is 0 Å². The van der Waals surface area contributed by atoms with E-state index in [-0.39, 0.29) is 0 Å². The van der Waals surface area contributed by atoms with E-state index in [0.29, 0.717) is 19.1 Å². The highest BCUT2D eigenvalue weighted by atomic mass is 16.5. The molecule has 1 saturated heterocycles. The number of benzene rings is 2. The van der Waals surface area contributed by atoms with E-state index in [4.69, 9.17) is 4.42 Å². The Morgan fingerprint density at radius 2 is 1.78 bits per heavy atom. The minimum atomic E-state index is 0.605. The summed E-state index contributed by atoms with van der Waals surface area (Å²) in [6, 6.07) is 17.0. The maximum atomic E-state index is 9.61. The SMILES string of the molecule is ON1CCCN(c2nc3cc(-c4ccccc4)ccc3o2)CC1. The molecule has 0 bridgehead atoms. The molecule has 1 aliphatic heterocycles. The molecule has 118 valence electrons. The van der Waals surface area contributed by atoms with E-state index >= 15 is 0 Å². The number of nitrogens with zero attached hydrogens (tertiary/aromatic N) is 3. The fraction of sp³-hybridized carbons (Fsp3) is 0.278. The second kappa shape index (κ2) is 6.02. The Kier molecular flexibility index (Phi) is 3.73. The van der Waals surface area contributed by atoms with Gasteiger partial charge in [0.15, 0.2) is 5.58 Å². The van der Waals surface area contributed by atoms with Crippen LogP contribution >= 0.6 is 0 Å². The van der Waals surface area contributed by atoms with E-state index in [2.05, 4.69) is 34.1 Å². The summed E-state index contributed by atoms with van der Waals surface area (Å²) in [7, 11) is 0. The van der Waals surface area contributed by atoms with E-state index in [1.54, 1.807) is 0 Å². The predicted molar refractivity (Wildman–Crippen MR) is 89.6 cm³/mol. The van der Waals surface area contributed by atoms with Crippen LogP contribution in [0.1, 0.15) is 6.42 Å². The summed E-state index contributed by atoms with van der Waals surface area (Å²) in [5.74, 6) is 0. The van der Waals surface area contributed by atoms with Gasteiger partial charge in [-0.15, -0.1) is 0 Å². The summed E-state index contributed by atoms with van der Waals surface area (Å²) in [5, 5.41) is 11.0. The molecule has 4 rings (SSSR count). The monoisotopic (exact) mass is 309 g/mol. The first-order valence-electron chi connectivity index (χ1n) is 7.94. The van der Waals surface area contributed by atoms with Crippen molar-refractivity contribution in [3.05, 3.63) is 48.5 Å². The molecule has 0 atom stereocenters. The van der Waals surface area contributed by atoms with E-state index in [0.717, 1.165) is 36.2 Å². The van der Waals surface area contributed by atoms with Gasteiger partial charge in [-0.05, 0) is 29.7 Å². The van der Waals surface area contributed by atoms with Crippen molar-refractivity contribution in [2.45, 2.75) is 6.42 Å². The molecule has 0 unspecified atom stereocenters. The fourth-order valence-corrected chi connectivity index (χ4v) is 2.96. The van der Waals surface area contributed by atoms with Crippen LogP contribution in [-0.2, 0) is 0 Å². The van der Waals surface area contributed by atoms with Gasteiger partial charge >= 0.3 is 0 Å². The third kappa shape index (κ3) is 2.93. The number of fused-ring (bicyclic) bond motifs is 1. The van der Waals surface area contributed by atoms with Gasteiger partial charge in [0.25, 0.3) is 6.01 Å². The lowest BCUT2D eigenvalue weighted by Crippen LogP contribution is -2.29. The van der Waals surface area contributed by atoms with E-state index in [9.17, 15) is 5.21 Å². The molecule has 1 aromatic heterocycles. The molecule has 2 heterocycles. The molecule has 1 aliphatic rings. The minimum Gasteiger partial charge on any atom is -0.423 e. The van der Waals surface area contributed by atoms with Crippen LogP contribution in [0.5, 0.6) is 0 Å². The molecular weight excluding hydrogens is 290 g/mol. The zero-order chi connectivity index (χ0) is 15.6. The maximum absolute atomic E-state index is 9.61. The van der Waals surface area contributed by atoms with E-state index < -0.39 is 0 Å².